The predicted molar refractivity (Wildman–Crippen MR) is 89.4 cm³/mol. The van der Waals surface area contributed by atoms with Crippen molar-refractivity contribution in [2.24, 2.45) is 7.05 Å². The van der Waals surface area contributed by atoms with Crippen LogP contribution in [0, 0.1) is 13.8 Å². The zero-order valence-electron chi connectivity index (χ0n) is 13.7. The van der Waals surface area contributed by atoms with E-state index in [0.717, 1.165) is 29.7 Å². The normalized spacial score (nSPS) is 11.1. The zero-order valence-corrected chi connectivity index (χ0v) is 13.7. The van der Waals surface area contributed by atoms with Gasteiger partial charge >= 0.3 is 0 Å². The second-order valence-electron chi connectivity index (χ2n) is 5.87. The molecule has 2 aromatic heterocycles. The van der Waals surface area contributed by atoms with E-state index in [9.17, 15) is 4.79 Å². The van der Waals surface area contributed by atoms with Gasteiger partial charge in [0, 0.05) is 26.2 Å². The lowest BCUT2D eigenvalue weighted by molar-refractivity contribution is 0.0948. The van der Waals surface area contributed by atoms with Gasteiger partial charge in [-0.25, -0.2) is 9.97 Å². The van der Waals surface area contributed by atoms with Crippen LogP contribution in [0.2, 0.25) is 0 Å². The Kier molecular flexibility index (Phi) is 4.14. The molecule has 0 radical (unpaired) electrons. The molecular formula is C17H21N5O. The standard InChI is InChI=1S/C17H21N5O/c1-11-6-7-13-16(12(11)2)21-15(20-13)5-4-8-18-17(23)14-9-22(3)10-19-14/h6-7,9-10H,4-5,8H2,1-3H3,(H,18,23)(H,20,21). The topological polar surface area (TPSA) is 75.6 Å². The Morgan fingerprint density at radius 3 is 2.91 bits per heavy atom. The number of aryl methyl sites for hydroxylation is 4. The van der Waals surface area contributed by atoms with Crippen LogP contribution in [0.1, 0.15) is 33.9 Å². The Morgan fingerprint density at radius 1 is 1.35 bits per heavy atom. The molecule has 2 N–H and O–H groups in total. The van der Waals surface area contributed by atoms with E-state index in [1.165, 1.54) is 11.1 Å². The molecule has 120 valence electrons. The fourth-order valence-corrected chi connectivity index (χ4v) is 2.56. The van der Waals surface area contributed by atoms with E-state index < -0.39 is 0 Å². The fourth-order valence-electron chi connectivity index (χ4n) is 2.56. The SMILES string of the molecule is Cc1ccc2[nH]c(CCCNC(=O)c3cn(C)cn3)nc2c1C. The molecule has 6 heteroatoms. The van der Waals surface area contributed by atoms with Crippen molar-refractivity contribution in [2.45, 2.75) is 26.7 Å². The Morgan fingerprint density at radius 2 is 2.17 bits per heavy atom. The van der Waals surface area contributed by atoms with Gasteiger partial charge in [-0.3, -0.25) is 4.79 Å². The van der Waals surface area contributed by atoms with Gasteiger partial charge in [0.05, 0.1) is 17.4 Å². The van der Waals surface area contributed by atoms with Crippen LogP contribution in [-0.4, -0.2) is 32.0 Å². The molecule has 1 aromatic carbocycles. The number of benzene rings is 1. The van der Waals surface area contributed by atoms with Crippen LogP contribution < -0.4 is 5.32 Å². The molecule has 0 aliphatic rings. The third-order valence-corrected chi connectivity index (χ3v) is 4.04. The molecule has 0 fully saturated rings. The number of amides is 1. The molecule has 2 heterocycles. The second kappa shape index (κ2) is 6.24. The number of fused-ring (bicyclic) bond motifs is 1. The maximum atomic E-state index is 11.9. The number of H-pyrrole nitrogens is 1. The van der Waals surface area contributed by atoms with Crippen molar-refractivity contribution in [3.63, 3.8) is 0 Å². The first kappa shape index (κ1) is 15.3. The first-order valence-corrected chi connectivity index (χ1v) is 7.75. The highest BCUT2D eigenvalue weighted by Crippen LogP contribution is 2.19. The third kappa shape index (κ3) is 3.26. The molecule has 0 saturated carbocycles. The molecule has 3 aromatic rings. The minimum Gasteiger partial charge on any atom is -0.351 e. The summed E-state index contributed by atoms with van der Waals surface area (Å²) in [7, 11) is 1.84. The van der Waals surface area contributed by atoms with Crippen molar-refractivity contribution < 1.29 is 4.79 Å². The first-order chi connectivity index (χ1) is 11.0. The largest absolute Gasteiger partial charge is 0.351 e. The summed E-state index contributed by atoms with van der Waals surface area (Å²) in [5, 5.41) is 2.88. The zero-order chi connectivity index (χ0) is 16.4. The third-order valence-electron chi connectivity index (χ3n) is 4.04. The number of rotatable bonds is 5. The lowest BCUT2D eigenvalue weighted by Gasteiger charge is -2.01. The van der Waals surface area contributed by atoms with Crippen molar-refractivity contribution in [3.05, 3.63) is 47.3 Å². The number of carbonyl (C=O) groups excluding carboxylic acids is 1. The highest BCUT2D eigenvalue weighted by atomic mass is 16.1. The van der Waals surface area contributed by atoms with Gasteiger partial charge in [0.25, 0.3) is 5.91 Å². The minimum atomic E-state index is -0.137. The smallest absolute Gasteiger partial charge is 0.271 e. The van der Waals surface area contributed by atoms with Crippen LogP contribution in [0.3, 0.4) is 0 Å². The first-order valence-electron chi connectivity index (χ1n) is 7.75. The molecule has 23 heavy (non-hydrogen) atoms. The van der Waals surface area contributed by atoms with Gasteiger partial charge < -0.3 is 14.9 Å². The number of hydrogen-bond acceptors (Lipinski definition) is 3. The molecule has 0 saturated heterocycles. The van der Waals surface area contributed by atoms with Gasteiger partial charge in [-0.1, -0.05) is 6.07 Å². The van der Waals surface area contributed by atoms with E-state index >= 15 is 0 Å². The molecule has 0 aliphatic heterocycles. The number of imidazole rings is 2. The maximum absolute atomic E-state index is 11.9. The lowest BCUT2D eigenvalue weighted by Crippen LogP contribution is -2.25. The van der Waals surface area contributed by atoms with Gasteiger partial charge in [-0.2, -0.15) is 0 Å². The van der Waals surface area contributed by atoms with Crippen LogP contribution in [-0.2, 0) is 13.5 Å². The maximum Gasteiger partial charge on any atom is 0.271 e. The molecule has 0 spiro atoms. The Hall–Kier alpha value is -2.63. The number of hydrogen-bond donors (Lipinski definition) is 2. The van der Waals surface area contributed by atoms with Gasteiger partial charge in [-0.05, 0) is 37.5 Å². The summed E-state index contributed by atoms with van der Waals surface area (Å²) in [4.78, 5) is 23.9. The average Bonchev–Trinajstić information content (AvgIpc) is 3.14. The van der Waals surface area contributed by atoms with Gasteiger partial charge in [0.15, 0.2) is 0 Å². The quantitative estimate of drug-likeness (QED) is 0.710. The van der Waals surface area contributed by atoms with Crippen molar-refractivity contribution in [1.82, 2.24) is 24.8 Å². The van der Waals surface area contributed by atoms with Gasteiger partial charge in [-0.15, -0.1) is 0 Å². The van der Waals surface area contributed by atoms with Crippen molar-refractivity contribution >= 4 is 16.9 Å². The summed E-state index contributed by atoms with van der Waals surface area (Å²) < 4.78 is 1.76. The highest BCUT2D eigenvalue weighted by molar-refractivity contribution is 5.91. The molecule has 6 nitrogen and oxygen atoms in total. The molecule has 0 atom stereocenters. The van der Waals surface area contributed by atoms with Crippen molar-refractivity contribution in [2.75, 3.05) is 6.54 Å². The molecular weight excluding hydrogens is 290 g/mol. The van der Waals surface area contributed by atoms with E-state index in [-0.39, 0.29) is 5.91 Å². The number of aromatic amines is 1. The van der Waals surface area contributed by atoms with E-state index in [2.05, 4.69) is 46.2 Å². The monoisotopic (exact) mass is 311 g/mol. The molecule has 0 bridgehead atoms. The summed E-state index contributed by atoms with van der Waals surface area (Å²) in [6.45, 7) is 4.79. The summed E-state index contributed by atoms with van der Waals surface area (Å²) in [6, 6.07) is 4.17. The second-order valence-corrected chi connectivity index (χ2v) is 5.87. The van der Waals surface area contributed by atoms with Crippen LogP contribution >= 0.6 is 0 Å². The van der Waals surface area contributed by atoms with E-state index in [4.69, 9.17) is 0 Å². The predicted octanol–water partition coefficient (Wildman–Crippen LogP) is 2.28. The summed E-state index contributed by atoms with van der Waals surface area (Å²) >= 11 is 0. The molecule has 0 unspecified atom stereocenters. The van der Waals surface area contributed by atoms with Crippen LogP contribution in [0.4, 0.5) is 0 Å². The van der Waals surface area contributed by atoms with E-state index in [0.29, 0.717) is 12.2 Å². The summed E-state index contributed by atoms with van der Waals surface area (Å²) in [5.74, 6) is 0.822. The molecule has 1 amide bonds. The van der Waals surface area contributed by atoms with Crippen LogP contribution in [0.15, 0.2) is 24.7 Å². The summed E-state index contributed by atoms with van der Waals surface area (Å²) in [6.07, 6.45) is 4.96. The molecule has 0 aliphatic carbocycles. The van der Waals surface area contributed by atoms with Gasteiger partial charge in [0.1, 0.15) is 11.5 Å². The highest BCUT2D eigenvalue weighted by Gasteiger charge is 2.09. The summed E-state index contributed by atoms with van der Waals surface area (Å²) in [5.41, 5.74) is 5.02. The fraction of sp³-hybridized carbons (Fsp3) is 0.353. The van der Waals surface area contributed by atoms with Crippen LogP contribution in [0.25, 0.3) is 11.0 Å². The lowest BCUT2D eigenvalue weighted by atomic mass is 10.1. The van der Waals surface area contributed by atoms with E-state index in [1.54, 1.807) is 17.1 Å². The average molecular weight is 311 g/mol. The minimum absolute atomic E-state index is 0.137. The van der Waals surface area contributed by atoms with E-state index in [1.807, 2.05) is 7.05 Å². The van der Waals surface area contributed by atoms with Crippen LogP contribution in [0.5, 0.6) is 0 Å². The Labute approximate surface area is 135 Å². The Bertz CT molecular complexity index is 846. The van der Waals surface area contributed by atoms with Crippen molar-refractivity contribution in [3.8, 4) is 0 Å². The molecule has 3 rings (SSSR count). The Balaban J connectivity index is 1.55. The number of nitrogens with zero attached hydrogens (tertiary/aromatic N) is 3. The number of carbonyl (C=O) groups is 1. The number of aromatic nitrogens is 4. The van der Waals surface area contributed by atoms with Crippen molar-refractivity contribution in [1.29, 1.82) is 0 Å². The number of nitrogens with one attached hydrogen (secondary N) is 2. The van der Waals surface area contributed by atoms with Gasteiger partial charge in [0.2, 0.25) is 0 Å².